The van der Waals surface area contributed by atoms with Crippen LogP contribution in [-0.2, 0) is 9.53 Å². The van der Waals surface area contributed by atoms with Crippen molar-refractivity contribution in [3.8, 4) is 5.75 Å². The van der Waals surface area contributed by atoms with Crippen LogP contribution in [0.2, 0.25) is 10.0 Å². The summed E-state index contributed by atoms with van der Waals surface area (Å²) < 4.78 is 10.6. The summed E-state index contributed by atoms with van der Waals surface area (Å²) in [4.78, 5) is 28.5. The second kappa shape index (κ2) is 8.53. The van der Waals surface area contributed by atoms with Gasteiger partial charge in [-0.3, -0.25) is 0 Å². The van der Waals surface area contributed by atoms with Gasteiger partial charge in [0, 0.05) is 15.6 Å². The second-order valence-corrected chi connectivity index (χ2v) is 7.18. The number of rotatable bonds is 4. The molecule has 1 aliphatic heterocycles. The Morgan fingerprint density at radius 3 is 2.10 bits per heavy atom. The summed E-state index contributed by atoms with van der Waals surface area (Å²) in [5.74, 6) is -0.444. The number of esters is 2. The average Bonchev–Trinajstić information content (AvgIpc) is 3.10. The highest BCUT2D eigenvalue weighted by Gasteiger charge is 2.24. The van der Waals surface area contributed by atoms with Crippen molar-refractivity contribution in [3.63, 3.8) is 0 Å². The molecular weight excluding hydrogens is 425 g/mol. The second-order valence-electron chi connectivity index (χ2n) is 6.31. The highest BCUT2D eigenvalue weighted by Crippen LogP contribution is 2.22. The summed E-state index contributed by atoms with van der Waals surface area (Å²) in [6, 6.07) is 19.9. The van der Waals surface area contributed by atoms with Crippen LogP contribution in [0.4, 0.5) is 0 Å². The van der Waals surface area contributed by atoms with Gasteiger partial charge in [0.05, 0.1) is 5.56 Å². The maximum Gasteiger partial charge on any atom is 0.363 e. The van der Waals surface area contributed by atoms with E-state index in [1.54, 1.807) is 78.9 Å². The molecule has 0 radical (unpaired) electrons. The number of cyclic esters (lactones) is 1. The molecule has 0 atom stereocenters. The number of benzene rings is 3. The minimum absolute atomic E-state index is 0.172. The van der Waals surface area contributed by atoms with Gasteiger partial charge in [-0.1, -0.05) is 35.3 Å². The van der Waals surface area contributed by atoms with Gasteiger partial charge in [-0.05, 0) is 72.3 Å². The quantitative estimate of drug-likeness (QED) is 0.304. The van der Waals surface area contributed by atoms with Crippen molar-refractivity contribution in [2.24, 2.45) is 4.99 Å². The molecule has 5 nitrogen and oxygen atoms in total. The summed E-state index contributed by atoms with van der Waals surface area (Å²) in [7, 11) is 0. The topological polar surface area (TPSA) is 65.0 Å². The number of carbonyl (C=O) groups excluding carboxylic acids is 2. The van der Waals surface area contributed by atoms with Gasteiger partial charge in [-0.2, -0.15) is 0 Å². The Kier molecular flexibility index (Phi) is 5.65. The molecule has 0 saturated heterocycles. The van der Waals surface area contributed by atoms with E-state index in [-0.39, 0.29) is 11.6 Å². The first-order valence-electron chi connectivity index (χ1n) is 8.84. The largest absolute Gasteiger partial charge is 0.423 e. The van der Waals surface area contributed by atoms with Crippen LogP contribution >= 0.6 is 23.2 Å². The van der Waals surface area contributed by atoms with Gasteiger partial charge in [0.15, 0.2) is 5.70 Å². The highest BCUT2D eigenvalue weighted by molar-refractivity contribution is 6.31. The van der Waals surface area contributed by atoms with Gasteiger partial charge in [0.2, 0.25) is 5.90 Å². The molecule has 0 unspecified atom stereocenters. The third-order valence-corrected chi connectivity index (χ3v) is 4.69. The number of nitrogens with zero attached hydrogens (tertiary/aromatic N) is 1. The molecule has 0 fully saturated rings. The van der Waals surface area contributed by atoms with Crippen LogP contribution in [0.25, 0.3) is 6.08 Å². The Morgan fingerprint density at radius 1 is 0.867 bits per heavy atom. The Bertz CT molecular complexity index is 1170. The van der Waals surface area contributed by atoms with E-state index in [1.807, 2.05) is 0 Å². The van der Waals surface area contributed by atoms with Crippen molar-refractivity contribution < 1.29 is 19.1 Å². The number of ether oxygens (including phenoxy) is 2. The smallest absolute Gasteiger partial charge is 0.363 e. The summed E-state index contributed by atoms with van der Waals surface area (Å²) in [5.41, 5.74) is 1.92. The molecule has 148 valence electrons. The zero-order valence-corrected chi connectivity index (χ0v) is 16.9. The van der Waals surface area contributed by atoms with E-state index in [1.165, 1.54) is 0 Å². The van der Waals surface area contributed by atoms with E-state index >= 15 is 0 Å². The van der Waals surface area contributed by atoms with Gasteiger partial charge in [-0.15, -0.1) is 0 Å². The molecule has 30 heavy (non-hydrogen) atoms. The molecule has 0 aliphatic carbocycles. The van der Waals surface area contributed by atoms with Crippen molar-refractivity contribution in [1.29, 1.82) is 0 Å². The van der Waals surface area contributed by atoms with Crippen LogP contribution in [0.3, 0.4) is 0 Å². The molecule has 3 aromatic rings. The minimum atomic E-state index is -0.543. The standard InChI is InChI=1S/C23H13Cl2NO4/c24-17-7-3-15(4-8-17)21-26-20(23(28)30-21)13-14-1-11-19(12-2-14)29-22(27)16-5-9-18(25)10-6-16/h1-13H/b20-13-. The van der Waals surface area contributed by atoms with Crippen LogP contribution < -0.4 is 4.74 Å². The Balaban J connectivity index is 1.48. The summed E-state index contributed by atoms with van der Waals surface area (Å²) in [5, 5.41) is 1.12. The molecule has 3 aromatic carbocycles. The van der Waals surface area contributed by atoms with E-state index in [0.717, 1.165) is 0 Å². The zero-order chi connectivity index (χ0) is 21.1. The molecule has 4 rings (SSSR count). The molecule has 0 saturated carbocycles. The normalized spacial score (nSPS) is 14.4. The summed E-state index contributed by atoms with van der Waals surface area (Å²) in [6.45, 7) is 0. The fraction of sp³-hybridized carbons (Fsp3) is 0. The van der Waals surface area contributed by atoms with E-state index in [0.29, 0.717) is 32.5 Å². The van der Waals surface area contributed by atoms with Crippen LogP contribution in [0.5, 0.6) is 5.75 Å². The fourth-order valence-corrected chi connectivity index (χ4v) is 2.92. The third-order valence-electron chi connectivity index (χ3n) is 4.19. The molecular formula is C23H13Cl2NO4. The Morgan fingerprint density at radius 2 is 1.47 bits per heavy atom. The number of hydrogen-bond acceptors (Lipinski definition) is 5. The Hall–Kier alpha value is -3.41. The molecule has 0 bridgehead atoms. The zero-order valence-electron chi connectivity index (χ0n) is 15.3. The van der Waals surface area contributed by atoms with Gasteiger partial charge >= 0.3 is 11.9 Å². The van der Waals surface area contributed by atoms with Gasteiger partial charge < -0.3 is 9.47 Å². The molecule has 0 spiro atoms. The van der Waals surface area contributed by atoms with Crippen molar-refractivity contribution in [3.05, 3.63) is 105 Å². The molecule has 1 heterocycles. The maximum atomic E-state index is 12.2. The first kappa shape index (κ1) is 19.9. The lowest BCUT2D eigenvalue weighted by molar-refractivity contribution is -0.129. The van der Waals surface area contributed by atoms with Gasteiger partial charge in [0.25, 0.3) is 0 Å². The van der Waals surface area contributed by atoms with E-state index < -0.39 is 11.9 Å². The van der Waals surface area contributed by atoms with Gasteiger partial charge in [-0.25, -0.2) is 14.6 Å². The van der Waals surface area contributed by atoms with Crippen molar-refractivity contribution in [2.45, 2.75) is 0 Å². The van der Waals surface area contributed by atoms with Crippen LogP contribution in [0, 0.1) is 0 Å². The minimum Gasteiger partial charge on any atom is -0.423 e. The van der Waals surface area contributed by atoms with Crippen LogP contribution in [-0.4, -0.2) is 17.8 Å². The molecule has 7 heteroatoms. The molecule has 1 aliphatic rings. The fourth-order valence-electron chi connectivity index (χ4n) is 2.67. The lowest BCUT2D eigenvalue weighted by Crippen LogP contribution is -2.08. The molecule has 0 N–H and O–H groups in total. The molecule has 0 aromatic heterocycles. The number of carbonyl (C=O) groups is 2. The summed E-state index contributed by atoms with van der Waals surface area (Å²) >= 11 is 11.7. The summed E-state index contributed by atoms with van der Waals surface area (Å²) in [6.07, 6.45) is 1.59. The highest BCUT2D eigenvalue weighted by atomic mass is 35.5. The SMILES string of the molecule is O=C1OC(c2ccc(Cl)cc2)=N/C1=C\c1ccc(OC(=O)c2ccc(Cl)cc2)cc1. The van der Waals surface area contributed by atoms with Crippen molar-refractivity contribution in [2.75, 3.05) is 0 Å². The average molecular weight is 438 g/mol. The number of hydrogen-bond donors (Lipinski definition) is 0. The monoisotopic (exact) mass is 437 g/mol. The van der Waals surface area contributed by atoms with Crippen LogP contribution in [0.15, 0.2) is 83.5 Å². The van der Waals surface area contributed by atoms with E-state index in [2.05, 4.69) is 4.99 Å². The lowest BCUT2D eigenvalue weighted by Gasteiger charge is -2.05. The maximum absolute atomic E-state index is 12.2. The number of aliphatic imine (C=N–C) groups is 1. The third kappa shape index (κ3) is 4.59. The predicted molar refractivity (Wildman–Crippen MR) is 115 cm³/mol. The first-order chi connectivity index (χ1) is 14.5. The van der Waals surface area contributed by atoms with Crippen molar-refractivity contribution in [1.82, 2.24) is 0 Å². The van der Waals surface area contributed by atoms with Gasteiger partial charge in [0.1, 0.15) is 5.75 Å². The van der Waals surface area contributed by atoms with E-state index in [9.17, 15) is 9.59 Å². The first-order valence-corrected chi connectivity index (χ1v) is 9.60. The Labute approximate surface area is 182 Å². The molecule has 0 amide bonds. The lowest BCUT2D eigenvalue weighted by atomic mass is 10.2. The van der Waals surface area contributed by atoms with Crippen molar-refractivity contribution >= 4 is 47.1 Å². The van der Waals surface area contributed by atoms with E-state index in [4.69, 9.17) is 32.7 Å². The number of halogens is 2. The predicted octanol–water partition coefficient (Wildman–Crippen LogP) is 5.56. The van der Waals surface area contributed by atoms with Crippen LogP contribution in [0.1, 0.15) is 21.5 Å².